The lowest BCUT2D eigenvalue weighted by Gasteiger charge is -2.38. The number of anilines is 1. The molecule has 2 fully saturated rings. The lowest BCUT2D eigenvalue weighted by atomic mass is 9.85. The summed E-state index contributed by atoms with van der Waals surface area (Å²) in [5.74, 6) is -0.513. The molecule has 0 aromatic heterocycles. The lowest BCUT2D eigenvalue weighted by molar-refractivity contribution is -0.124. The first-order valence-electron chi connectivity index (χ1n) is 10.9. The van der Waals surface area contributed by atoms with Crippen molar-refractivity contribution in [1.29, 1.82) is 0 Å². The molecule has 6 nitrogen and oxygen atoms in total. The quantitative estimate of drug-likeness (QED) is 0.356. The molecule has 3 rings (SSSR count). The number of para-hydroxylation sites is 1. The van der Waals surface area contributed by atoms with E-state index in [0.29, 0.717) is 11.5 Å². The first-order chi connectivity index (χ1) is 14.0. The Kier molecular flexibility index (Phi) is 7.70. The third-order valence-corrected chi connectivity index (χ3v) is 6.38. The van der Waals surface area contributed by atoms with Crippen LogP contribution >= 0.6 is 0 Å². The summed E-state index contributed by atoms with van der Waals surface area (Å²) in [6.45, 7) is 4.33. The predicted octanol–water partition coefficient (Wildman–Crippen LogP) is 2.89. The predicted molar refractivity (Wildman–Crippen MR) is 118 cm³/mol. The van der Waals surface area contributed by atoms with E-state index in [1.165, 1.54) is 38.3 Å². The summed E-state index contributed by atoms with van der Waals surface area (Å²) in [6, 6.07) is 8.70. The third kappa shape index (κ3) is 6.04. The van der Waals surface area contributed by atoms with Crippen LogP contribution in [0.4, 0.5) is 5.69 Å². The third-order valence-electron chi connectivity index (χ3n) is 6.38. The minimum atomic E-state index is -0.513. The maximum Gasteiger partial charge on any atom is 0.267 e. The maximum atomic E-state index is 11.3. The van der Waals surface area contributed by atoms with E-state index in [4.69, 9.17) is 5.21 Å². The number of hydrogen-bond donors (Lipinski definition) is 3. The van der Waals surface area contributed by atoms with Crippen LogP contribution in [0.3, 0.4) is 0 Å². The Morgan fingerprint density at radius 3 is 2.59 bits per heavy atom. The van der Waals surface area contributed by atoms with Gasteiger partial charge >= 0.3 is 0 Å². The number of benzene rings is 1. The van der Waals surface area contributed by atoms with Crippen molar-refractivity contribution in [3.05, 3.63) is 35.9 Å². The van der Waals surface area contributed by atoms with Crippen LogP contribution < -0.4 is 15.7 Å². The first-order valence-corrected chi connectivity index (χ1v) is 10.9. The molecule has 1 heterocycles. The van der Waals surface area contributed by atoms with Crippen molar-refractivity contribution < 1.29 is 10.0 Å². The van der Waals surface area contributed by atoms with Crippen molar-refractivity contribution in [2.24, 2.45) is 5.41 Å². The highest BCUT2D eigenvalue weighted by atomic mass is 16.5. The fourth-order valence-corrected chi connectivity index (χ4v) is 4.99. The van der Waals surface area contributed by atoms with E-state index in [-0.39, 0.29) is 0 Å². The van der Waals surface area contributed by atoms with Crippen LogP contribution in [0, 0.1) is 5.41 Å². The van der Waals surface area contributed by atoms with Crippen molar-refractivity contribution in [2.45, 2.75) is 44.6 Å². The van der Waals surface area contributed by atoms with Crippen LogP contribution in [-0.4, -0.2) is 62.3 Å². The Balaban J connectivity index is 1.54. The summed E-state index contributed by atoms with van der Waals surface area (Å²) in [5, 5.41) is 12.6. The van der Waals surface area contributed by atoms with Crippen LogP contribution in [-0.2, 0) is 4.79 Å². The molecule has 1 aliphatic heterocycles. The molecule has 0 radical (unpaired) electrons. The summed E-state index contributed by atoms with van der Waals surface area (Å²) < 4.78 is 0. The van der Waals surface area contributed by atoms with Crippen molar-refractivity contribution in [1.82, 2.24) is 15.7 Å². The molecule has 0 atom stereocenters. The van der Waals surface area contributed by atoms with Gasteiger partial charge in [-0.15, -0.1) is 0 Å². The number of nitrogens with one attached hydrogen (secondary N) is 2. The van der Waals surface area contributed by atoms with Gasteiger partial charge in [-0.25, -0.2) is 5.48 Å². The van der Waals surface area contributed by atoms with Crippen LogP contribution in [0.15, 0.2) is 30.3 Å². The SMILES string of the molecule is CN(C)CC1(CNC2CCN(c3ccccc3/C=C/C(=O)NO)CC2)CCCC1. The number of nitrogens with zero attached hydrogens (tertiary/aromatic N) is 2. The molecule has 2 aliphatic rings. The Bertz CT molecular complexity index is 690. The zero-order valence-corrected chi connectivity index (χ0v) is 17.9. The molecule has 6 heteroatoms. The molecule has 1 aliphatic carbocycles. The van der Waals surface area contributed by atoms with Gasteiger partial charge in [0, 0.05) is 44.0 Å². The van der Waals surface area contributed by atoms with Gasteiger partial charge in [0.1, 0.15) is 0 Å². The number of hydroxylamine groups is 1. The molecule has 1 aromatic rings. The van der Waals surface area contributed by atoms with E-state index in [1.54, 1.807) is 11.6 Å². The fourth-order valence-electron chi connectivity index (χ4n) is 4.99. The van der Waals surface area contributed by atoms with Crippen LogP contribution in [0.5, 0.6) is 0 Å². The van der Waals surface area contributed by atoms with Gasteiger partial charge in [-0.05, 0) is 62.9 Å². The number of hydrogen-bond acceptors (Lipinski definition) is 5. The second kappa shape index (κ2) is 10.2. The molecule has 0 unspecified atom stereocenters. The average Bonchev–Trinajstić information content (AvgIpc) is 3.19. The number of piperidine rings is 1. The maximum absolute atomic E-state index is 11.3. The van der Waals surface area contributed by atoms with Crippen LogP contribution in [0.25, 0.3) is 6.08 Å². The smallest absolute Gasteiger partial charge is 0.267 e. The normalized spacial score (nSPS) is 19.9. The molecule has 160 valence electrons. The first kappa shape index (κ1) is 21.8. The highest BCUT2D eigenvalue weighted by Gasteiger charge is 2.35. The molecule has 3 N–H and O–H groups in total. The summed E-state index contributed by atoms with van der Waals surface area (Å²) >= 11 is 0. The molecular formula is C23H36N4O2. The monoisotopic (exact) mass is 400 g/mol. The van der Waals surface area contributed by atoms with E-state index in [1.807, 2.05) is 18.2 Å². The van der Waals surface area contributed by atoms with Gasteiger partial charge in [-0.2, -0.15) is 0 Å². The van der Waals surface area contributed by atoms with E-state index >= 15 is 0 Å². The molecule has 1 amide bonds. The summed E-state index contributed by atoms with van der Waals surface area (Å²) in [6.07, 6.45) is 10.8. The Morgan fingerprint density at radius 2 is 1.93 bits per heavy atom. The van der Waals surface area contributed by atoms with Gasteiger partial charge in [-0.1, -0.05) is 31.0 Å². The largest absolute Gasteiger partial charge is 0.371 e. The number of carbonyl (C=O) groups excluding carboxylic acids is 1. The molecule has 0 spiro atoms. The minimum absolute atomic E-state index is 0.450. The number of carbonyl (C=O) groups is 1. The molecule has 1 saturated carbocycles. The van der Waals surface area contributed by atoms with E-state index < -0.39 is 5.91 Å². The second-order valence-corrected chi connectivity index (χ2v) is 8.96. The van der Waals surface area contributed by atoms with Crippen molar-refractivity contribution in [3.63, 3.8) is 0 Å². The van der Waals surface area contributed by atoms with Gasteiger partial charge < -0.3 is 15.1 Å². The minimum Gasteiger partial charge on any atom is -0.371 e. The van der Waals surface area contributed by atoms with Crippen molar-refractivity contribution >= 4 is 17.7 Å². The Labute approximate surface area is 174 Å². The number of amides is 1. The highest BCUT2D eigenvalue weighted by Crippen LogP contribution is 2.38. The van der Waals surface area contributed by atoms with Gasteiger partial charge in [0.25, 0.3) is 5.91 Å². The summed E-state index contributed by atoms with van der Waals surface area (Å²) in [5.41, 5.74) is 4.24. The van der Waals surface area contributed by atoms with E-state index in [0.717, 1.165) is 43.7 Å². The topological polar surface area (TPSA) is 67.8 Å². The highest BCUT2D eigenvalue weighted by molar-refractivity contribution is 5.91. The summed E-state index contributed by atoms with van der Waals surface area (Å²) in [7, 11) is 4.38. The second-order valence-electron chi connectivity index (χ2n) is 8.96. The van der Waals surface area contributed by atoms with Crippen LogP contribution in [0.1, 0.15) is 44.1 Å². The van der Waals surface area contributed by atoms with Crippen molar-refractivity contribution in [2.75, 3.05) is 45.2 Å². The van der Waals surface area contributed by atoms with Gasteiger partial charge in [0.05, 0.1) is 0 Å². The van der Waals surface area contributed by atoms with Crippen LogP contribution in [0.2, 0.25) is 0 Å². The Hall–Kier alpha value is -1.89. The lowest BCUT2D eigenvalue weighted by Crippen LogP contribution is -2.48. The fraction of sp³-hybridized carbons (Fsp3) is 0.609. The molecule has 1 aromatic carbocycles. The summed E-state index contributed by atoms with van der Waals surface area (Å²) in [4.78, 5) is 16.1. The molecule has 0 bridgehead atoms. The van der Waals surface area contributed by atoms with Gasteiger partial charge in [-0.3, -0.25) is 10.0 Å². The van der Waals surface area contributed by atoms with E-state index in [9.17, 15) is 4.79 Å². The van der Waals surface area contributed by atoms with Gasteiger partial charge in [0.2, 0.25) is 0 Å². The zero-order chi connectivity index (χ0) is 20.7. The Morgan fingerprint density at radius 1 is 1.24 bits per heavy atom. The number of rotatable bonds is 8. The van der Waals surface area contributed by atoms with E-state index in [2.05, 4.69) is 35.3 Å². The molecule has 29 heavy (non-hydrogen) atoms. The molecular weight excluding hydrogens is 364 g/mol. The molecule has 1 saturated heterocycles. The standard InChI is InChI=1S/C23H36N4O2/c1-26(2)18-23(13-5-6-14-23)17-24-20-11-15-27(16-12-20)21-8-4-3-7-19(21)9-10-22(28)25-29/h3-4,7-10,20,24,29H,5-6,11-18H2,1-2H3,(H,25,28)/b10-9+. The zero-order valence-electron chi connectivity index (χ0n) is 17.9. The van der Waals surface area contributed by atoms with Gasteiger partial charge in [0.15, 0.2) is 0 Å². The average molecular weight is 401 g/mol. The van der Waals surface area contributed by atoms with Crippen molar-refractivity contribution in [3.8, 4) is 0 Å².